The van der Waals surface area contributed by atoms with Crippen LogP contribution in [0, 0.1) is 0 Å². The minimum Gasteiger partial charge on any atom is -0.508 e. The third-order valence-corrected chi connectivity index (χ3v) is 7.71. The van der Waals surface area contributed by atoms with E-state index in [0.717, 1.165) is 56.8 Å². The van der Waals surface area contributed by atoms with Gasteiger partial charge in [0.1, 0.15) is 11.9 Å². The number of rotatable bonds is 8. The molecule has 0 radical (unpaired) electrons. The lowest BCUT2D eigenvalue weighted by atomic mass is 9.84. The van der Waals surface area contributed by atoms with Crippen molar-refractivity contribution < 1.29 is 14.6 Å². The lowest BCUT2D eigenvalue weighted by Crippen LogP contribution is -2.54. The Morgan fingerprint density at radius 1 is 1.03 bits per heavy atom. The van der Waals surface area contributed by atoms with Gasteiger partial charge >= 0.3 is 0 Å². The normalized spacial score (nSPS) is 20.2. The van der Waals surface area contributed by atoms with Crippen LogP contribution < -0.4 is 10.2 Å². The van der Waals surface area contributed by atoms with Crippen molar-refractivity contribution in [3.63, 3.8) is 0 Å². The van der Waals surface area contributed by atoms with Gasteiger partial charge in [-0.2, -0.15) is 0 Å². The second-order valence-electron chi connectivity index (χ2n) is 10.3. The Morgan fingerprint density at radius 2 is 1.70 bits per heavy atom. The highest BCUT2D eigenvalue weighted by Gasteiger charge is 2.39. The zero-order valence-corrected chi connectivity index (χ0v) is 21.8. The van der Waals surface area contributed by atoms with Crippen molar-refractivity contribution in [1.82, 2.24) is 10.2 Å². The molecule has 2 heterocycles. The fraction of sp³-hybridized carbons (Fsp3) is 0.387. The van der Waals surface area contributed by atoms with Gasteiger partial charge in [-0.1, -0.05) is 67.6 Å². The van der Waals surface area contributed by atoms with E-state index in [-0.39, 0.29) is 29.5 Å². The number of fused-ring (bicyclic) bond motifs is 1. The summed E-state index contributed by atoms with van der Waals surface area (Å²) in [6.45, 7) is 7.90. The second kappa shape index (κ2) is 11.0. The predicted octanol–water partition coefficient (Wildman–Crippen LogP) is 5.45. The van der Waals surface area contributed by atoms with Gasteiger partial charge in [-0.25, -0.2) is 0 Å². The molecule has 5 rings (SSSR count). The number of carbonyl (C=O) groups is 1. The number of carbonyl (C=O) groups excluding carboxylic acids is 1. The van der Waals surface area contributed by atoms with Gasteiger partial charge in [0, 0.05) is 32.3 Å². The summed E-state index contributed by atoms with van der Waals surface area (Å²) < 4.78 is 6.51. The van der Waals surface area contributed by atoms with E-state index in [2.05, 4.69) is 71.4 Å². The number of aromatic hydroxyl groups is 1. The maximum Gasteiger partial charge on any atom is 0.255 e. The van der Waals surface area contributed by atoms with E-state index in [0.29, 0.717) is 5.56 Å². The van der Waals surface area contributed by atoms with Crippen molar-refractivity contribution in [3.05, 3.63) is 95.6 Å². The van der Waals surface area contributed by atoms with Crippen LogP contribution in [0.25, 0.3) is 0 Å². The quantitative estimate of drug-likeness (QED) is 0.432. The molecular weight excluding hydrogens is 462 g/mol. The van der Waals surface area contributed by atoms with Crippen molar-refractivity contribution >= 4 is 11.6 Å². The molecule has 0 aliphatic carbocycles. The number of benzene rings is 3. The monoisotopic (exact) mass is 499 g/mol. The number of hydrogen-bond donors (Lipinski definition) is 2. The van der Waals surface area contributed by atoms with Gasteiger partial charge in [0.05, 0.1) is 16.9 Å². The molecule has 2 unspecified atom stereocenters. The molecule has 3 aromatic rings. The SMILES string of the molecule is CCCOC1(c2ccccc2)CCN(CC(C)N2c3ccc(O)cc3C(=O)NC2c2ccccc2)CC1. The molecule has 2 aliphatic heterocycles. The summed E-state index contributed by atoms with van der Waals surface area (Å²) in [4.78, 5) is 17.8. The van der Waals surface area contributed by atoms with Gasteiger partial charge < -0.3 is 25.0 Å². The van der Waals surface area contributed by atoms with Crippen LogP contribution in [0.2, 0.25) is 0 Å². The summed E-state index contributed by atoms with van der Waals surface area (Å²) in [6, 6.07) is 26.0. The minimum absolute atomic E-state index is 0.0972. The van der Waals surface area contributed by atoms with Crippen LogP contribution in [0.1, 0.15) is 60.8 Å². The summed E-state index contributed by atoms with van der Waals surface area (Å²) in [5.74, 6) is -0.0677. The van der Waals surface area contributed by atoms with E-state index in [1.807, 2.05) is 24.3 Å². The Labute approximate surface area is 219 Å². The highest BCUT2D eigenvalue weighted by atomic mass is 16.5. The molecule has 0 saturated carbocycles. The van der Waals surface area contributed by atoms with Gasteiger partial charge in [0.15, 0.2) is 0 Å². The summed E-state index contributed by atoms with van der Waals surface area (Å²) in [5, 5.41) is 13.2. The number of ether oxygens (including phenoxy) is 1. The van der Waals surface area contributed by atoms with Crippen molar-refractivity contribution in [2.75, 3.05) is 31.1 Å². The molecular formula is C31H37N3O3. The first-order chi connectivity index (χ1) is 18.0. The number of nitrogens with one attached hydrogen (secondary N) is 1. The number of piperidine rings is 1. The standard InChI is InChI=1S/C31H37N3O3/c1-3-20-37-31(25-12-8-5-9-13-25)16-18-33(19-17-31)22-23(2)34-28-15-14-26(35)21-27(28)30(36)32-29(34)24-10-6-4-7-11-24/h4-15,21,23,29,35H,3,16-20,22H2,1-2H3,(H,32,36). The molecule has 2 N–H and O–H groups in total. The predicted molar refractivity (Wildman–Crippen MR) is 147 cm³/mol. The van der Waals surface area contributed by atoms with Crippen LogP contribution in [0.15, 0.2) is 78.9 Å². The first-order valence-corrected chi connectivity index (χ1v) is 13.4. The van der Waals surface area contributed by atoms with E-state index in [9.17, 15) is 9.90 Å². The molecule has 1 saturated heterocycles. The van der Waals surface area contributed by atoms with Gasteiger partial charge in [-0.3, -0.25) is 4.79 Å². The molecule has 0 spiro atoms. The van der Waals surface area contributed by atoms with Crippen molar-refractivity contribution in [2.24, 2.45) is 0 Å². The molecule has 1 fully saturated rings. The highest BCUT2D eigenvalue weighted by molar-refractivity contribution is 6.02. The number of amides is 1. The average Bonchev–Trinajstić information content (AvgIpc) is 2.94. The number of phenols is 1. The topological polar surface area (TPSA) is 65.0 Å². The number of nitrogens with zero attached hydrogens (tertiary/aromatic N) is 2. The summed E-state index contributed by atoms with van der Waals surface area (Å²) >= 11 is 0. The van der Waals surface area contributed by atoms with Crippen molar-refractivity contribution in [1.29, 1.82) is 0 Å². The molecule has 37 heavy (non-hydrogen) atoms. The minimum atomic E-state index is -0.276. The van der Waals surface area contributed by atoms with Gasteiger partial charge in [-0.05, 0) is 55.5 Å². The first-order valence-electron chi connectivity index (χ1n) is 13.4. The van der Waals surface area contributed by atoms with E-state index >= 15 is 0 Å². The van der Waals surface area contributed by atoms with Gasteiger partial charge in [0.2, 0.25) is 0 Å². The maximum atomic E-state index is 13.0. The Hall–Kier alpha value is -3.35. The summed E-state index contributed by atoms with van der Waals surface area (Å²) in [6.07, 6.45) is 2.63. The smallest absolute Gasteiger partial charge is 0.255 e. The van der Waals surface area contributed by atoms with Crippen LogP contribution >= 0.6 is 0 Å². The largest absolute Gasteiger partial charge is 0.508 e. The fourth-order valence-corrected chi connectivity index (χ4v) is 5.83. The number of phenolic OH excluding ortho intramolecular Hbond substituents is 1. The Kier molecular flexibility index (Phi) is 7.49. The summed E-state index contributed by atoms with van der Waals surface area (Å²) in [5.41, 5.74) is 3.44. The summed E-state index contributed by atoms with van der Waals surface area (Å²) in [7, 11) is 0. The van der Waals surface area contributed by atoms with Crippen LogP contribution in [0.4, 0.5) is 5.69 Å². The van der Waals surface area contributed by atoms with E-state index < -0.39 is 0 Å². The molecule has 6 heteroatoms. The van der Waals surface area contributed by atoms with E-state index in [1.54, 1.807) is 12.1 Å². The van der Waals surface area contributed by atoms with Crippen molar-refractivity contribution in [2.45, 2.75) is 50.9 Å². The molecule has 6 nitrogen and oxygen atoms in total. The molecule has 3 aromatic carbocycles. The molecule has 2 atom stereocenters. The Bertz CT molecular complexity index is 1190. The molecule has 0 aromatic heterocycles. The van der Waals surface area contributed by atoms with Crippen LogP contribution in [-0.2, 0) is 10.3 Å². The molecule has 194 valence electrons. The second-order valence-corrected chi connectivity index (χ2v) is 10.3. The number of likely N-dealkylation sites (tertiary alicyclic amines) is 1. The lowest BCUT2D eigenvalue weighted by molar-refractivity contribution is -0.0901. The highest BCUT2D eigenvalue weighted by Crippen LogP contribution is 2.39. The van der Waals surface area contributed by atoms with Gasteiger partial charge in [-0.15, -0.1) is 0 Å². The maximum absolute atomic E-state index is 13.0. The lowest BCUT2D eigenvalue weighted by Gasteiger charge is -2.46. The molecule has 1 amide bonds. The Morgan fingerprint density at radius 3 is 2.38 bits per heavy atom. The van der Waals surface area contributed by atoms with E-state index in [4.69, 9.17) is 4.74 Å². The number of hydrogen-bond acceptors (Lipinski definition) is 5. The Balaban J connectivity index is 1.37. The number of anilines is 1. The fourth-order valence-electron chi connectivity index (χ4n) is 5.83. The zero-order chi connectivity index (χ0) is 25.8. The van der Waals surface area contributed by atoms with Crippen LogP contribution in [-0.4, -0.2) is 48.2 Å². The average molecular weight is 500 g/mol. The molecule has 2 aliphatic rings. The van der Waals surface area contributed by atoms with Crippen LogP contribution in [0.3, 0.4) is 0 Å². The van der Waals surface area contributed by atoms with Crippen molar-refractivity contribution in [3.8, 4) is 5.75 Å². The van der Waals surface area contributed by atoms with E-state index in [1.165, 1.54) is 5.56 Å². The zero-order valence-electron chi connectivity index (χ0n) is 21.8. The molecule has 0 bridgehead atoms. The third kappa shape index (κ3) is 5.22. The van der Waals surface area contributed by atoms with Crippen LogP contribution in [0.5, 0.6) is 5.75 Å². The third-order valence-electron chi connectivity index (χ3n) is 7.71. The first kappa shape index (κ1) is 25.3. The van der Waals surface area contributed by atoms with Gasteiger partial charge in [0.25, 0.3) is 5.91 Å².